The van der Waals surface area contributed by atoms with Crippen LogP contribution in [-0.2, 0) is 9.59 Å². The second kappa shape index (κ2) is 9.35. The van der Waals surface area contributed by atoms with Gasteiger partial charge in [0, 0.05) is 12.1 Å². The number of likely N-dealkylation sites (tertiary alicyclic amines) is 1. The second-order valence-electron chi connectivity index (χ2n) is 8.10. The zero-order valence-electron chi connectivity index (χ0n) is 18.8. The van der Waals surface area contributed by atoms with Crippen LogP contribution in [0.25, 0.3) is 5.76 Å². The minimum Gasteiger partial charge on any atom is -0.507 e. The van der Waals surface area contributed by atoms with Crippen LogP contribution in [0.3, 0.4) is 0 Å². The number of rotatable bonds is 6. The van der Waals surface area contributed by atoms with E-state index >= 15 is 0 Å². The summed E-state index contributed by atoms with van der Waals surface area (Å²) in [5.41, 5.74) is 0.949. The van der Waals surface area contributed by atoms with Gasteiger partial charge >= 0.3 is 0 Å². The molecule has 4 rings (SSSR count). The van der Waals surface area contributed by atoms with Crippen molar-refractivity contribution >= 4 is 29.1 Å². The number of carbonyl (C=O) groups is 2. The summed E-state index contributed by atoms with van der Waals surface area (Å²) in [5.74, 6) is -0.439. The topological polar surface area (TPSA) is 85.3 Å². The number of ether oxygens (including phenoxy) is 3. The van der Waals surface area contributed by atoms with Crippen molar-refractivity contribution in [2.45, 2.75) is 37.8 Å². The first kappa shape index (κ1) is 23.0. The maximum atomic E-state index is 13.3. The Morgan fingerprint density at radius 2 is 1.61 bits per heavy atom. The van der Waals surface area contributed by atoms with Crippen molar-refractivity contribution in [3.05, 3.63) is 58.1 Å². The predicted octanol–water partition coefficient (Wildman–Crippen LogP) is 4.73. The lowest BCUT2D eigenvalue weighted by atomic mass is 9.94. The predicted molar refractivity (Wildman–Crippen MR) is 124 cm³/mol. The minimum atomic E-state index is -0.731. The molecule has 33 heavy (non-hydrogen) atoms. The van der Waals surface area contributed by atoms with Gasteiger partial charge < -0.3 is 24.2 Å². The minimum absolute atomic E-state index is 0.0137. The van der Waals surface area contributed by atoms with E-state index in [4.69, 9.17) is 25.8 Å². The lowest BCUT2D eigenvalue weighted by Crippen LogP contribution is -2.37. The number of hydrogen-bond donors (Lipinski definition) is 1. The SMILES string of the molecule is COc1ccc(C2/C(=C(\O)c3cc(OC)c(Cl)cc3OC)C(=O)C(=O)N2C2CCCC2)cc1. The first-order valence-corrected chi connectivity index (χ1v) is 11.1. The highest BCUT2D eigenvalue weighted by Crippen LogP contribution is 2.45. The molecule has 2 aromatic carbocycles. The highest BCUT2D eigenvalue weighted by molar-refractivity contribution is 6.46. The van der Waals surface area contributed by atoms with Crippen LogP contribution in [0.5, 0.6) is 17.2 Å². The first-order valence-electron chi connectivity index (χ1n) is 10.8. The number of Topliss-reactive ketones (excluding diaryl/α,β-unsaturated/α-hetero) is 1. The maximum Gasteiger partial charge on any atom is 0.295 e. The molecular formula is C25H26ClNO6. The van der Waals surface area contributed by atoms with Crippen LogP contribution in [0.15, 0.2) is 42.0 Å². The van der Waals surface area contributed by atoms with Crippen LogP contribution in [0.1, 0.15) is 42.9 Å². The van der Waals surface area contributed by atoms with E-state index in [1.54, 1.807) is 24.1 Å². The maximum absolute atomic E-state index is 13.3. The molecule has 0 bridgehead atoms. The third-order valence-electron chi connectivity index (χ3n) is 6.36. The Balaban J connectivity index is 1.93. The van der Waals surface area contributed by atoms with Crippen LogP contribution in [0.2, 0.25) is 5.02 Å². The van der Waals surface area contributed by atoms with E-state index in [0.29, 0.717) is 22.1 Å². The first-order chi connectivity index (χ1) is 15.9. The molecule has 1 unspecified atom stereocenters. The van der Waals surface area contributed by atoms with Gasteiger partial charge in [0.25, 0.3) is 11.7 Å². The Kier molecular flexibility index (Phi) is 6.51. The molecule has 1 aliphatic carbocycles. The van der Waals surface area contributed by atoms with Crippen molar-refractivity contribution in [2.24, 2.45) is 0 Å². The van der Waals surface area contributed by atoms with Crippen molar-refractivity contribution in [1.29, 1.82) is 0 Å². The third-order valence-corrected chi connectivity index (χ3v) is 6.65. The molecule has 2 aromatic rings. The van der Waals surface area contributed by atoms with Gasteiger partial charge in [0.2, 0.25) is 0 Å². The summed E-state index contributed by atoms with van der Waals surface area (Å²) in [4.78, 5) is 28.1. The summed E-state index contributed by atoms with van der Waals surface area (Å²) >= 11 is 6.22. The number of ketones is 1. The Labute approximate surface area is 197 Å². The van der Waals surface area contributed by atoms with E-state index < -0.39 is 17.7 Å². The van der Waals surface area contributed by atoms with Gasteiger partial charge in [0.1, 0.15) is 23.0 Å². The molecule has 8 heteroatoms. The molecule has 0 spiro atoms. The van der Waals surface area contributed by atoms with Gasteiger partial charge in [-0.1, -0.05) is 36.6 Å². The Morgan fingerprint density at radius 1 is 0.970 bits per heavy atom. The van der Waals surface area contributed by atoms with Crippen molar-refractivity contribution < 1.29 is 28.9 Å². The largest absolute Gasteiger partial charge is 0.507 e. The fourth-order valence-corrected chi connectivity index (χ4v) is 4.94. The quantitative estimate of drug-likeness (QED) is 0.372. The summed E-state index contributed by atoms with van der Waals surface area (Å²) in [6.45, 7) is 0. The second-order valence-corrected chi connectivity index (χ2v) is 8.51. The van der Waals surface area contributed by atoms with Crippen molar-refractivity contribution in [3.63, 3.8) is 0 Å². The summed E-state index contributed by atoms with van der Waals surface area (Å²) in [5, 5.41) is 11.7. The number of aliphatic hydroxyl groups is 1. The average Bonchev–Trinajstić information content (AvgIpc) is 3.45. The van der Waals surface area contributed by atoms with E-state index in [-0.39, 0.29) is 28.7 Å². The fourth-order valence-electron chi connectivity index (χ4n) is 4.71. The van der Waals surface area contributed by atoms with Gasteiger partial charge in [-0.2, -0.15) is 0 Å². The molecule has 2 aliphatic rings. The zero-order valence-corrected chi connectivity index (χ0v) is 19.5. The normalized spacial score (nSPS) is 20.4. The van der Waals surface area contributed by atoms with E-state index in [1.807, 2.05) is 12.1 Å². The summed E-state index contributed by atoms with van der Waals surface area (Å²) in [7, 11) is 4.46. The molecule has 1 amide bonds. The van der Waals surface area contributed by atoms with Gasteiger partial charge in [0.15, 0.2) is 0 Å². The van der Waals surface area contributed by atoms with Gasteiger partial charge in [-0.3, -0.25) is 9.59 Å². The molecule has 1 heterocycles. The third kappa shape index (κ3) is 4.02. The van der Waals surface area contributed by atoms with Gasteiger partial charge in [-0.25, -0.2) is 0 Å². The Bertz CT molecular complexity index is 1100. The molecule has 1 N–H and O–H groups in total. The number of carbonyl (C=O) groups excluding carboxylic acids is 2. The standard InChI is InChI=1S/C25H26ClNO6/c1-31-16-10-8-14(9-11-16)22-21(24(29)25(30)27(22)15-6-4-5-7-15)23(28)17-12-20(33-3)18(26)13-19(17)32-2/h8-13,15,22,28H,4-7H2,1-3H3/b23-21+. The lowest BCUT2D eigenvalue weighted by Gasteiger charge is -2.31. The van der Waals surface area contributed by atoms with Crippen LogP contribution in [0.4, 0.5) is 0 Å². The molecular weight excluding hydrogens is 446 g/mol. The number of amides is 1. The average molecular weight is 472 g/mol. The molecule has 2 fully saturated rings. The number of nitrogens with zero attached hydrogens (tertiary/aromatic N) is 1. The summed E-state index contributed by atoms with van der Waals surface area (Å²) < 4.78 is 16.0. The van der Waals surface area contributed by atoms with Crippen LogP contribution >= 0.6 is 11.6 Å². The number of aliphatic hydroxyl groups excluding tert-OH is 1. The van der Waals surface area contributed by atoms with Crippen LogP contribution in [0, 0.1) is 0 Å². The van der Waals surface area contributed by atoms with Gasteiger partial charge in [-0.05, 0) is 36.6 Å². The van der Waals surface area contributed by atoms with E-state index in [0.717, 1.165) is 25.7 Å². The van der Waals surface area contributed by atoms with Crippen molar-refractivity contribution in [2.75, 3.05) is 21.3 Å². The number of halogens is 1. The van der Waals surface area contributed by atoms with Gasteiger partial charge in [0.05, 0.1) is 43.5 Å². The van der Waals surface area contributed by atoms with Gasteiger partial charge in [-0.15, -0.1) is 0 Å². The van der Waals surface area contributed by atoms with E-state index in [9.17, 15) is 14.7 Å². The van der Waals surface area contributed by atoms with Crippen molar-refractivity contribution in [3.8, 4) is 17.2 Å². The molecule has 1 atom stereocenters. The number of methoxy groups -OCH3 is 3. The summed E-state index contributed by atoms with van der Waals surface area (Å²) in [6, 6.07) is 9.38. The zero-order chi connectivity index (χ0) is 23.7. The fraction of sp³-hybridized carbons (Fsp3) is 0.360. The van der Waals surface area contributed by atoms with Crippen LogP contribution < -0.4 is 14.2 Å². The molecule has 1 aliphatic heterocycles. The molecule has 1 saturated heterocycles. The van der Waals surface area contributed by atoms with Crippen LogP contribution in [-0.4, -0.2) is 49.1 Å². The molecule has 0 radical (unpaired) electrons. The smallest absolute Gasteiger partial charge is 0.295 e. The van der Waals surface area contributed by atoms with E-state index in [1.165, 1.54) is 26.4 Å². The van der Waals surface area contributed by atoms with E-state index in [2.05, 4.69) is 0 Å². The molecule has 174 valence electrons. The highest BCUT2D eigenvalue weighted by atomic mass is 35.5. The summed E-state index contributed by atoms with van der Waals surface area (Å²) in [6.07, 6.45) is 3.62. The number of benzene rings is 2. The molecule has 0 aromatic heterocycles. The molecule has 1 saturated carbocycles. The Morgan fingerprint density at radius 3 is 2.18 bits per heavy atom. The molecule has 7 nitrogen and oxygen atoms in total. The Hall–Kier alpha value is -3.19. The lowest BCUT2D eigenvalue weighted by molar-refractivity contribution is -0.141. The highest BCUT2D eigenvalue weighted by Gasteiger charge is 2.49. The monoisotopic (exact) mass is 471 g/mol. The van der Waals surface area contributed by atoms with Crippen molar-refractivity contribution in [1.82, 2.24) is 4.90 Å². The number of hydrogen-bond acceptors (Lipinski definition) is 6.